The maximum Gasteiger partial charge on any atom is 0.248 e. The average Bonchev–Trinajstić information content (AvgIpc) is 2.40. The second-order valence-corrected chi connectivity index (χ2v) is 5.14. The molecule has 108 valence electrons. The van der Waals surface area contributed by atoms with Crippen molar-refractivity contribution in [3.63, 3.8) is 0 Å². The summed E-state index contributed by atoms with van der Waals surface area (Å²) in [4.78, 5) is 25.3. The highest BCUT2D eigenvalue weighted by Crippen LogP contribution is 2.20. The van der Waals surface area contributed by atoms with Crippen molar-refractivity contribution in [1.29, 1.82) is 0 Å². The predicted molar refractivity (Wildman–Crippen MR) is 68.6 cm³/mol. The average molecular weight is 282 g/mol. The van der Waals surface area contributed by atoms with Crippen molar-refractivity contribution in [2.75, 3.05) is 6.54 Å². The molecular weight excluding hydrogens is 266 g/mol. The fourth-order valence-electron chi connectivity index (χ4n) is 2.22. The molecule has 2 rings (SSSR count). The number of nitrogens with zero attached hydrogens (tertiary/aromatic N) is 1. The highest BCUT2D eigenvalue weighted by molar-refractivity contribution is 5.97. The van der Waals surface area contributed by atoms with E-state index >= 15 is 0 Å². The van der Waals surface area contributed by atoms with E-state index in [4.69, 9.17) is 0 Å². The second kappa shape index (κ2) is 5.19. The van der Waals surface area contributed by atoms with Crippen LogP contribution in [-0.2, 0) is 16.1 Å². The number of hydrogen-bond acceptors (Lipinski definition) is 2. The van der Waals surface area contributed by atoms with E-state index in [1.807, 2.05) is 0 Å². The topological polar surface area (TPSA) is 49.4 Å². The van der Waals surface area contributed by atoms with Gasteiger partial charge in [0.1, 0.15) is 5.54 Å². The molecule has 2 amide bonds. The predicted octanol–water partition coefficient (Wildman–Crippen LogP) is 1.59. The minimum atomic E-state index is -0.963. The van der Waals surface area contributed by atoms with Gasteiger partial charge in [0.25, 0.3) is 0 Å². The lowest BCUT2D eigenvalue weighted by Gasteiger charge is -2.39. The molecular formula is C14H16F2N2O2. The van der Waals surface area contributed by atoms with Gasteiger partial charge in [0.15, 0.2) is 11.6 Å². The first kappa shape index (κ1) is 14.4. The molecule has 1 aliphatic heterocycles. The van der Waals surface area contributed by atoms with Crippen LogP contribution in [0.1, 0.15) is 25.8 Å². The third kappa shape index (κ3) is 2.64. The summed E-state index contributed by atoms with van der Waals surface area (Å²) in [7, 11) is 0. The van der Waals surface area contributed by atoms with Crippen LogP contribution in [0.5, 0.6) is 0 Å². The second-order valence-electron chi connectivity index (χ2n) is 5.14. The number of carbonyl (C=O) groups excluding carboxylic acids is 2. The quantitative estimate of drug-likeness (QED) is 0.915. The molecule has 0 saturated carbocycles. The van der Waals surface area contributed by atoms with E-state index in [0.29, 0.717) is 12.0 Å². The normalized spacial score (nSPS) is 22.9. The molecule has 0 aliphatic carbocycles. The van der Waals surface area contributed by atoms with Crippen LogP contribution in [0.15, 0.2) is 18.2 Å². The molecule has 1 aromatic rings. The molecule has 0 aromatic heterocycles. The van der Waals surface area contributed by atoms with Crippen LogP contribution >= 0.6 is 0 Å². The molecule has 4 nitrogen and oxygen atoms in total. The number of carbonyl (C=O) groups is 2. The van der Waals surface area contributed by atoms with Crippen LogP contribution < -0.4 is 5.32 Å². The van der Waals surface area contributed by atoms with Crippen molar-refractivity contribution in [1.82, 2.24) is 10.2 Å². The monoisotopic (exact) mass is 282 g/mol. The van der Waals surface area contributed by atoms with E-state index < -0.39 is 17.2 Å². The Morgan fingerprint density at radius 3 is 2.60 bits per heavy atom. The summed E-state index contributed by atoms with van der Waals surface area (Å²) in [6.07, 6.45) is 0.464. The third-order valence-corrected chi connectivity index (χ3v) is 3.57. The van der Waals surface area contributed by atoms with Crippen LogP contribution in [0.3, 0.4) is 0 Å². The van der Waals surface area contributed by atoms with Gasteiger partial charge in [-0.1, -0.05) is 13.0 Å². The molecule has 0 bridgehead atoms. The summed E-state index contributed by atoms with van der Waals surface area (Å²) in [5.41, 5.74) is -0.487. The Morgan fingerprint density at radius 1 is 1.30 bits per heavy atom. The van der Waals surface area contributed by atoms with Crippen molar-refractivity contribution < 1.29 is 18.4 Å². The summed E-state index contributed by atoms with van der Waals surface area (Å²) < 4.78 is 26.0. The lowest BCUT2D eigenvalue weighted by atomic mass is 9.94. The molecule has 1 atom stereocenters. The summed E-state index contributed by atoms with van der Waals surface area (Å²) in [5, 5.41) is 2.66. The fourth-order valence-corrected chi connectivity index (χ4v) is 2.22. The van der Waals surface area contributed by atoms with Gasteiger partial charge in [0.2, 0.25) is 11.8 Å². The van der Waals surface area contributed by atoms with Gasteiger partial charge in [0.05, 0.1) is 6.54 Å². The maximum atomic E-state index is 13.2. The number of benzene rings is 1. The van der Waals surface area contributed by atoms with E-state index in [1.165, 1.54) is 11.0 Å². The van der Waals surface area contributed by atoms with Gasteiger partial charge in [-0.3, -0.25) is 9.59 Å². The Hall–Kier alpha value is -1.98. The SMILES string of the molecule is CCC1(C)NC(=O)CN(Cc2ccc(F)c(F)c2)C1=O. The third-order valence-electron chi connectivity index (χ3n) is 3.57. The van der Waals surface area contributed by atoms with E-state index in [0.717, 1.165) is 12.1 Å². The zero-order valence-electron chi connectivity index (χ0n) is 11.4. The highest BCUT2D eigenvalue weighted by atomic mass is 19.2. The number of amides is 2. The zero-order valence-corrected chi connectivity index (χ0v) is 11.4. The molecule has 0 radical (unpaired) electrons. The smallest absolute Gasteiger partial charge is 0.248 e. The summed E-state index contributed by atoms with van der Waals surface area (Å²) in [6.45, 7) is 3.47. The molecule has 1 saturated heterocycles. The minimum absolute atomic E-state index is 0.0760. The van der Waals surface area contributed by atoms with Crippen LogP contribution in [0.2, 0.25) is 0 Å². The molecule has 1 unspecified atom stereocenters. The van der Waals surface area contributed by atoms with Gasteiger partial charge < -0.3 is 10.2 Å². The van der Waals surface area contributed by atoms with Gasteiger partial charge in [-0.25, -0.2) is 8.78 Å². The number of hydrogen-bond donors (Lipinski definition) is 1. The zero-order chi connectivity index (χ0) is 14.9. The minimum Gasteiger partial charge on any atom is -0.340 e. The van der Waals surface area contributed by atoms with Crippen molar-refractivity contribution in [2.45, 2.75) is 32.4 Å². The van der Waals surface area contributed by atoms with Crippen molar-refractivity contribution >= 4 is 11.8 Å². The Balaban J connectivity index is 2.21. The number of rotatable bonds is 3. The van der Waals surface area contributed by atoms with Gasteiger partial charge in [-0.05, 0) is 31.0 Å². The highest BCUT2D eigenvalue weighted by Gasteiger charge is 2.41. The first-order valence-corrected chi connectivity index (χ1v) is 6.40. The molecule has 6 heteroatoms. The first-order chi connectivity index (χ1) is 9.35. The largest absolute Gasteiger partial charge is 0.340 e. The first-order valence-electron chi connectivity index (χ1n) is 6.40. The number of nitrogens with one attached hydrogen (secondary N) is 1. The molecule has 1 aliphatic rings. The van der Waals surface area contributed by atoms with Crippen LogP contribution in [0.25, 0.3) is 0 Å². The maximum absolute atomic E-state index is 13.2. The van der Waals surface area contributed by atoms with Crippen molar-refractivity contribution in [2.24, 2.45) is 0 Å². The summed E-state index contributed by atoms with van der Waals surface area (Å²) in [5.74, 6) is -2.37. The van der Waals surface area contributed by atoms with Crippen molar-refractivity contribution in [3.8, 4) is 0 Å². The van der Waals surface area contributed by atoms with Gasteiger partial charge >= 0.3 is 0 Å². The Bertz CT molecular complexity index is 562. The Labute approximate surface area is 115 Å². The molecule has 1 N–H and O–H groups in total. The van der Waals surface area contributed by atoms with Gasteiger partial charge in [0, 0.05) is 6.54 Å². The fraction of sp³-hybridized carbons (Fsp3) is 0.429. The molecule has 1 aromatic carbocycles. The van der Waals surface area contributed by atoms with E-state index in [-0.39, 0.29) is 24.9 Å². The van der Waals surface area contributed by atoms with Crippen LogP contribution in [0, 0.1) is 11.6 Å². The molecule has 1 fully saturated rings. The Morgan fingerprint density at radius 2 is 2.00 bits per heavy atom. The van der Waals surface area contributed by atoms with Gasteiger partial charge in [-0.2, -0.15) is 0 Å². The Kier molecular flexibility index (Phi) is 3.74. The van der Waals surface area contributed by atoms with E-state index in [9.17, 15) is 18.4 Å². The lowest BCUT2D eigenvalue weighted by Crippen LogP contribution is -2.64. The van der Waals surface area contributed by atoms with Gasteiger partial charge in [-0.15, -0.1) is 0 Å². The van der Waals surface area contributed by atoms with E-state index in [1.54, 1.807) is 13.8 Å². The van der Waals surface area contributed by atoms with Crippen LogP contribution in [0.4, 0.5) is 8.78 Å². The number of halogens is 2. The van der Waals surface area contributed by atoms with Crippen molar-refractivity contribution in [3.05, 3.63) is 35.4 Å². The lowest BCUT2D eigenvalue weighted by molar-refractivity contribution is -0.149. The summed E-state index contributed by atoms with van der Waals surface area (Å²) >= 11 is 0. The van der Waals surface area contributed by atoms with Crippen LogP contribution in [-0.4, -0.2) is 28.8 Å². The molecule has 1 heterocycles. The van der Waals surface area contributed by atoms with E-state index in [2.05, 4.69) is 5.32 Å². The summed E-state index contributed by atoms with van der Waals surface area (Å²) in [6, 6.07) is 3.46. The molecule has 20 heavy (non-hydrogen) atoms. The standard InChI is InChI=1S/C14H16F2N2O2/c1-3-14(2)13(20)18(8-12(19)17-14)7-9-4-5-10(15)11(16)6-9/h4-6H,3,7-8H2,1-2H3,(H,17,19). The molecule has 0 spiro atoms. The number of piperazine rings is 1.